The second-order valence-corrected chi connectivity index (χ2v) is 7.33. The molecule has 0 aliphatic carbocycles. The normalized spacial score (nSPS) is 26.7. The fourth-order valence-corrected chi connectivity index (χ4v) is 4.23. The minimum atomic E-state index is -3.18. The van der Waals surface area contributed by atoms with Gasteiger partial charge in [-0.15, -0.1) is 0 Å². The van der Waals surface area contributed by atoms with Crippen molar-refractivity contribution in [3.05, 3.63) is 0 Å². The minimum Gasteiger partial charge on any atom is -0.337 e. The van der Waals surface area contributed by atoms with Crippen LogP contribution in [0.15, 0.2) is 0 Å². The Labute approximate surface area is 115 Å². The number of carbonyl (C=O) groups excluding carboxylic acids is 1. The van der Waals surface area contributed by atoms with Crippen LogP contribution in [0.25, 0.3) is 0 Å². The maximum atomic E-state index is 12.4. The van der Waals surface area contributed by atoms with Crippen LogP contribution in [0, 0.1) is 0 Å². The summed E-state index contributed by atoms with van der Waals surface area (Å²) in [5.74, 6) is 0.125. The van der Waals surface area contributed by atoms with E-state index in [1.807, 2.05) is 11.8 Å². The molecular formula is C12H23N3O3S. The van der Waals surface area contributed by atoms with E-state index in [2.05, 4.69) is 5.32 Å². The summed E-state index contributed by atoms with van der Waals surface area (Å²) in [6.45, 7) is 4.99. The van der Waals surface area contributed by atoms with Crippen LogP contribution in [0.2, 0.25) is 0 Å². The van der Waals surface area contributed by atoms with Gasteiger partial charge in [0.1, 0.15) is 0 Å². The Hall–Kier alpha value is -0.660. The average molecular weight is 289 g/mol. The monoisotopic (exact) mass is 289 g/mol. The topological polar surface area (TPSA) is 69.7 Å². The standard InChI is InChI=1S/C12H23N3O3S/c1-2-6-15(11-4-5-13-9-11)12(16)10-14-7-3-8-19(14,17)18/h11,13H,2-10H2,1H3. The highest BCUT2D eigenvalue weighted by atomic mass is 32.2. The molecule has 2 aliphatic heterocycles. The Bertz CT molecular complexity index is 418. The van der Waals surface area contributed by atoms with Crippen LogP contribution in [-0.2, 0) is 14.8 Å². The van der Waals surface area contributed by atoms with Gasteiger partial charge in [0.05, 0.1) is 12.3 Å². The van der Waals surface area contributed by atoms with Gasteiger partial charge in [0.2, 0.25) is 15.9 Å². The maximum Gasteiger partial charge on any atom is 0.238 e. The summed E-state index contributed by atoms with van der Waals surface area (Å²) < 4.78 is 24.8. The third-order valence-electron chi connectivity index (χ3n) is 3.77. The highest BCUT2D eigenvalue weighted by molar-refractivity contribution is 7.89. The van der Waals surface area contributed by atoms with Gasteiger partial charge in [-0.3, -0.25) is 4.79 Å². The lowest BCUT2D eigenvalue weighted by molar-refractivity contribution is -0.133. The molecule has 2 rings (SSSR count). The van der Waals surface area contributed by atoms with Crippen molar-refractivity contribution < 1.29 is 13.2 Å². The van der Waals surface area contributed by atoms with Crippen LogP contribution < -0.4 is 5.32 Å². The molecule has 2 fully saturated rings. The smallest absolute Gasteiger partial charge is 0.238 e. The van der Waals surface area contributed by atoms with Crippen molar-refractivity contribution in [3.63, 3.8) is 0 Å². The fraction of sp³-hybridized carbons (Fsp3) is 0.917. The van der Waals surface area contributed by atoms with Crippen LogP contribution in [0.5, 0.6) is 0 Å². The Morgan fingerprint density at radius 3 is 2.79 bits per heavy atom. The number of rotatable bonds is 5. The van der Waals surface area contributed by atoms with E-state index >= 15 is 0 Å². The first-order valence-electron chi connectivity index (χ1n) is 7.02. The van der Waals surface area contributed by atoms with E-state index in [4.69, 9.17) is 0 Å². The summed E-state index contributed by atoms with van der Waals surface area (Å²) in [5.41, 5.74) is 0. The average Bonchev–Trinajstić information content (AvgIpc) is 2.97. The molecule has 1 unspecified atom stereocenters. The summed E-state index contributed by atoms with van der Waals surface area (Å²) in [6, 6.07) is 0.220. The first-order valence-corrected chi connectivity index (χ1v) is 8.63. The van der Waals surface area contributed by atoms with Crippen LogP contribution in [0.1, 0.15) is 26.2 Å². The predicted octanol–water partition coefficient (Wildman–Crippen LogP) is -0.378. The summed E-state index contributed by atoms with van der Waals surface area (Å²) >= 11 is 0. The largest absolute Gasteiger partial charge is 0.337 e. The molecule has 2 heterocycles. The molecular weight excluding hydrogens is 266 g/mol. The molecule has 2 aliphatic rings. The third-order valence-corrected chi connectivity index (χ3v) is 5.68. The molecule has 0 aromatic carbocycles. The van der Waals surface area contributed by atoms with Crippen LogP contribution in [-0.4, -0.2) is 68.0 Å². The molecule has 0 aromatic rings. The van der Waals surface area contributed by atoms with Crippen molar-refractivity contribution >= 4 is 15.9 Å². The Morgan fingerprint density at radius 1 is 1.47 bits per heavy atom. The third kappa shape index (κ3) is 3.46. The number of amides is 1. The van der Waals surface area contributed by atoms with Gasteiger partial charge < -0.3 is 10.2 Å². The molecule has 1 atom stereocenters. The number of sulfonamides is 1. The van der Waals surface area contributed by atoms with Gasteiger partial charge in [0, 0.05) is 25.7 Å². The molecule has 19 heavy (non-hydrogen) atoms. The zero-order valence-electron chi connectivity index (χ0n) is 11.5. The van der Waals surface area contributed by atoms with Crippen molar-refractivity contribution in [1.29, 1.82) is 0 Å². The van der Waals surface area contributed by atoms with E-state index in [0.717, 1.165) is 25.9 Å². The minimum absolute atomic E-state index is 0.0127. The van der Waals surface area contributed by atoms with E-state index in [1.165, 1.54) is 4.31 Å². The Morgan fingerprint density at radius 2 is 2.26 bits per heavy atom. The SMILES string of the molecule is CCCN(C(=O)CN1CCCS1(=O)=O)C1CCNC1. The molecule has 110 valence electrons. The van der Waals surface area contributed by atoms with E-state index in [1.54, 1.807) is 0 Å². The Kier molecular flexibility index (Phi) is 4.81. The molecule has 2 saturated heterocycles. The molecule has 7 heteroatoms. The number of carbonyl (C=O) groups is 1. The Balaban J connectivity index is 1.99. The summed E-state index contributed by atoms with van der Waals surface area (Å²) in [7, 11) is -3.18. The first kappa shape index (κ1) is 14.7. The summed E-state index contributed by atoms with van der Waals surface area (Å²) in [5, 5.41) is 3.25. The van der Waals surface area contributed by atoms with E-state index in [0.29, 0.717) is 19.5 Å². The molecule has 0 radical (unpaired) electrons. The number of nitrogens with one attached hydrogen (secondary N) is 1. The molecule has 0 bridgehead atoms. The number of hydrogen-bond acceptors (Lipinski definition) is 4. The van der Waals surface area contributed by atoms with Crippen molar-refractivity contribution in [2.45, 2.75) is 32.2 Å². The van der Waals surface area contributed by atoms with Gasteiger partial charge in [0.25, 0.3) is 0 Å². The first-order chi connectivity index (χ1) is 9.04. The second kappa shape index (κ2) is 6.19. The lowest BCUT2D eigenvalue weighted by Crippen LogP contribution is -2.47. The van der Waals surface area contributed by atoms with Crippen molar-refractivity contribution in [2.75, 3.05) is 38.5 Å². The second-order valence-electron chi connectivity index (χ2n) is 5.24. The number of nitrogens with zero attached hydrogens (tertiary/aromatic N) is 2. The van der Waals surface area contributed by atoms with Crippen molar-refractivity contribution in [2.24, 2.45) is 0 Å². The molecule has 6 nitrogen and oxygen atoms in total. The van der Waals surface area contributed by atoms with Crippen LogP contribution >= 0.6 is 0 Å². The summed E-state index contributed by atoms with van der Waals surface area (Å²) in [6.07, 6.45) is 2.49. The quantitative estimate of drug-likeness (QED) is 0.749. The molecule has 0 spiro atoms. The number of hydrogen-bond donors (Lipinski definition) is 1. The predicted molar refractivity (Wildman–Crippen MR) is 73.3 cm³/mol. The molecule has 1 amide bonds. The van der Waals surface area contributed by atoms with Gasteiger partial charge in [-0.05, 0) is 25.8 Å². The molecule has 1 N–H and O–H groups in total. The van der Waals surface area contributed by atoms with Gasteiger partial charge in [0.15, 0.2) is 0 Å². The van der Waals surface area contributed by atoms with Gasteiger partial charge in [-0.25, -0.2) is 8.42 Å². The van der Waals surface area contributed by atoms with Crippen molar-refractivity contribution in [1.82, 2.24) is 14.5 Å². The lowest BCUT2D eigenvalue weighted by atomic mass is 10.2. The van der Waals surface area contributed by atoms with Crippen LogP contribution in [0.4, 0.5) is 0 Å². The molecule has 0 aromatic heterocycles. The highest BCUT2D eigenvalue weighted by Gasteiger charge is 2.33. The van der Waals surface area contributed by atoms with Crippen LogP contribution in [0.3, 0.4) is 0 Å². The summed E-state index contributed by atoms with van der Waals surface area (Å²) in [4.78, 5) is 14.2. The van der Waals surface area contributed by atoms with Gasteiger partial charge >= 0.3 is 0 Å². The lowest BCUT2D eigenvalue weighted by Gasteiger charge is -2.29. The highest BCUT2D eigenvalue weighted by Crippen LogP contribution is 2.15. The maximum absolute atomic E-state index is 12.4. The van der Waals surface area contributed by atoms with E-state index < -0.39 is 10.0 Å². The van der Waals surface area contributed by atoms with E-state index in [9.17, 15) is 13.2 Å². The zero-order chi connectivity index (χ0) is 13.9. The fourth-order valence-electron chi connectivity index (χ4n) is 2.77. The van der Waals surface area contributed by atoms with Gasteiger partial charge in [-0.1, -0.05) is 6.92 Å². The molecule has 0 saturated carbocycles. The van der Waals surface area contributed by atoms with E-state index in [-0.39, 0.29) is 24.2 Å². The van der Waals surface area contributed by atoms with Gasteiger partial charge in [-0.2, -0.15) is 4.31 Å². The zero-order valence-corrected chi connectivity index (χ0v) is 12.3. The van der Waals surface area contributed by atoms with Crippen molar-refractivity contribution in [3.8, 4) is 0 Å².